The first-order valence-electron chi connectivity index (χ1n) is 12.6. The Morgan fingerprint density at radius 2 is 1.55 bits per heavy atom. The van der Waals surface area contributed by atoms with Gasteiger partial charge in [-0.3, -0.25) is 0 Å². The van der Waals surface area contributed by atoms with Crippen LogP contribution in [0.3, 0.4) is 0 Å². The third-order valence-corrected chi connectivity index (χ3v) is 8.20. The first kappa shape index (κ1) is 22.2. The largest absolute Gasteiger partial charge is 0.490 e. The van der Waals surface area contributed by atoms with E-state index in [4.69, 9.17) is 4.74 Å². The van der Waals surface area contributed by atoms with Crippen molar-refractivity contribution in [2.24, 2.45) is 23.7 Å². The Labute approximate surface area is 189 Å². The lowest BCUT2D eigenvalue weighted by molar-refractivity contribution is 0.148. The van der Waals surface area contributed by atoms with Gasteiger partial charge in [-0.1, -0.05) is 56.0 Å². The minimum atomic E-state index is 0.556. The zero-order valence-corrected chi connectivity index (χ0v) is 19.6. The number of allylic oxidation sites excluding steroid dienone is 2. The van der Waals surface area contributed by atoms with Gasteiger partial charge in [0, 0.05) is 0 Å². The van der Waals surface area contributed by atoms with Crippen LogP contribution in [0.25, 0.3) is 10.8 Å². The van der Waals surface area contributed by atoms with Crippen LogP contribution < -0.4 is 4.74 Å². The molecule has 2 aromatic carbocycles. The molecule has 0 N–H and O–H groups in total. The molecule has 1 heteroatoms. The third kappa shape index (κ3) is 5.43. The van der Waals surface area contributed by atoms with Crippen molar-refractivity contribution < 1.29 is 4.74 Å². The molecule has 2 aliphatic carbocycles. The van der Waals surface area contributed by atoms with Gasteiger partial charge in [0.15, 0.2) is 0 Å². The van der Waals surface area contributed by atoms with Crippen molar-refractivity contribution in [3.05, 3.63) is 66.8 Å². The van der Waals surface area contributed by atoms with Crippen molar-refractivity contribution in [3.8, 4) is 5.75 Å². The first-order valence-corrected chi connectivity index (χ1v) is 12.6. The molecule has 1 atom stereocenters. The summed E-state index contributed by atoms with van der Waals surface area (Å²) in [5.41, 5.74) is 1.50. The molecule has 31 heavy (non-hydrogen) atoms. The predicted molar refractivity (Wildman–Crippen MR) is 134 cm³/mol. The summed E-state index contributed by atoms with van der Waals surface area (Å²) in [6, 6.07) is 13.5. The molecule has 2 aliphatic rings. The average molecular weight is 417 g/mol. The molecule has 0 aromatic heterocycles. The lowest BCUT2D eigenvalue weighted by Gasteiger charge is -2.39. The summed E-state index contributed by atoms with van der Waals surface area (Å²) >= 11 is 0. The number of fused-ring (bicyclic) bond motifs is 1. The molecule has 0 saturated heterocycles. The molecular weight excluding hydrogens is 376 g/mol. The van der Waals surface area contributed by atoms with Gasteiger partial charge >= 0.3 is 0 Å². The summed E-state index contributed by atoms with van der Waals surface area (Å²) in [5.74, 6) is 5.24. The van der Waals surface area contributed by atoms with Crippen molar-refractivity contribution in [2.75, 3.05) is 6.61 Å². The second-order valence-corrected chi connectivity index (χ2v) is 10.0. The number of rotatable bonds is 7. The number of ether oxygens (including phenoxy) is 1. The van der Waals surface area contributed by atoms with Gasteiger partial charge in [-0.2, -0.15) is 0 Å². The molecule has 2 fully saturated rings. The van der Waals surface area contributed by atoms with Crippen LogP contribution in [-0.4, -0.2) is 6.61 Å². The maximum atomic E-state index is 5.69. The summed E-state index contributed by atoms with van der Waals surface area (Å²) < 4.78 is 5.69. The van der Waals surface area contributed by atoms with E-state index in [1.54, 1.807) is 6.08 Å². The summed E-state index contributed by atoms with van der Waals surface area (Å²) in [6.45, 7) is 8.90. The van der Waals surface area contributed by atoms with Crippen molar-refractivity contribution in [2.45, 2.75) is 71.1 Å². The Kier molecular flexibility index (Phi) is 7.54. The van der Waals surface area contributed by atoms with E-state index in [0.717, 1.165) is 29.4 Å². The topological polar surface area (TPSA) is 9.23 Å². The molecular formula is C30H40O. The lowest BCUT2D eigenvalue weighted by atomic mass is 9.67. The molecule has 0 bridgehead atoms. The van der Waals surface area contributed by atoms with Gasteiger partial charge in [-0.15, -0.1) is 0 Å². The molecule has 166 valence electrons. The van der Waals surface area contributed by atoms with Crippen LogP contribution in [0.15, 0.2) is 61.2 Å². The summed E-state index contributed by atoms with van der Waals surface area (Å²) in [5, 5.41) is 2.58. The van der Waals surface area contributed by atoms with E-state index in [9.17, 15) is 0 Å². The van der Waals surface area contributed by atoms with E-state index in [1.165, 1.54) is 67.7 Å². The predicted octanol–water partition coefficient (Wildman–Crippen LogP) is 8.70. The highest BCUT2D eigenvalue weighted by atomic mass is 16.5. The van der Waals surface area contributed by atoms with Gasteiger partial charge in [0.1, 0.15) is 12.4 Å². The van der Waals surface area contributed by atoms with Crippen molar-refractivity contribution in [1.82, 2.24) is 0 Å². The van der Waals surface area contributed by atoms with Crippen LogP contribution in [0.5, 0.6) is 5.75 Å². The van der Waals surface area contributed by atoms with Gasteiger partial charge < -0.3 is 4.74 Å². The van der Waals surface area contributed by atoms with E-state index in [1.807, 2.05) is 0 Å². The zero-order valence-electron chi connectivity index (χ0n) is 19.6. The van der Waals surface area contributed by atoms with E-state index in [-0.39, 0.29) is 0 Å². The Balaban J connectivity index is 1.33. The molecule has 1 nitrogen and oxygen atoms in total. The highest BCUT2D eigenvalue weighted by Crippen LogP contribution is 2.45. The van der Waals surface area contributed by atoms with Gasteiger partial charge in [0.05, 0.1) is 0 Å². The molecule has 1 unspecified atom stereocenters. The number of benzene rings is 2. The van der Waals surface area contributed by atoms with Gasteiger partial charge in [-0.25, -0.2) is 0 Å². The number of hydrogen-bond donors (Lipinski definition) is 0. The highest BCUT2D eigenvalue weighted by molar-refractivity contribution is 5.84. The minimum absolute atomic E-state index is 0.556. The van der Waals surface area contributed by atoms with Gasteiger partial charge in [-0.05, 0) is 116 Å². The van der Waals surface area contributed by atoms with E-state index < -0.39 is 0 Å². The Bertz CT molecular complexity index is 878. The van der Waals surface area contributed by atoms with Crippen molar-refractivity contribution >= 4 is 10.8 Å². The number of hydrogen-bond acceptors (Lipinski definition) is 1. The average Bonchev–Trinajstić information content (AvgIpc) is 2.82. The summed E-state index contributed by atoms with van der Waals surface area (Å²) in [7, 11) is 0. The molecule has 0 heterocycles. The first-order chi connectivity index (χ1) is 15.2. The standard InChI is InChI=1S/C30H40O/c1-4-6-23-7-9-25(10-8-23)26-13-11-24(12-14-26)22(3)27-15-16-29-21-30(31-19-5-2)18-17-28(29)20-27/h4-6,15-18,20-26H,2,7-14,19H2,1,3H3/b6-4+. The molecule has 0 radical (unpaired) electrons. The lowest BCUT2D eigenvalue weighted by Crippen LogP contribution is -2.27. The van der Waals surface area contributed by atoms with Crippen LogP contribution in [0.1, 0.15) is 76.7 Å². The second kappa shape index (κ2) is 10.5. The summed E-state index contributed by atoms with van der Waals surface area (Å²) in [4.78, 5) is 0. The van der Waals surface area contributed by atoms with Crippen LogP contribution >= 0.6 is 0 Å². The SMILES string of the molecule is C=CCOc1ccc2cc(C(C)C3CCC(C4CCC(/C=C/C)CC4)CC3)ccc2c1. The molecule has 0 spiro atoms. The van der Waals surface area contributed by atoms with Crippen molar-refractivity contribution in [1.29, 1.82) is 0 Å². The fourth-order valence-corrected chi connectivity index (χ4v) is 6.24. The molecule has 2 aromatic rings. The monoisotopic (exact) mass is 416 g/mol. The van der Waals surface area contributed by atoms with E-state index >= 15 is 0 Å². The normalized spacial score (nSPS) is 27.9. The smallest absolute Gasteiger partial charge is 0.120 e. The van der Waals surface area contributed by atoms with Crippen LogP contribution in [0, 0.1) is 23.7 Å². The fraction of sp³-hybridized carbons (Fsp3) is 0.533. The summed E-state index contributed by atoms with van der Waals surface area (Å²) in [6.07, 6.45) is 18.0. The van der Waals surface area contributed by atoms with Gasteiger partial charge in [0.2, 0.25) is 0 Å². The maximum Gasteiger partial charge on any atom is 0.120 e. The Morgan fingerprint density at radius 3 is 2.23 bits per heavy atom. The molecule has 0 aliphatic heterocycles. The fourth-order valence-electron chi connectivity index (χ4n) is 6.24. The second-order valence-electron chi connectivity index (χ2n) is 10.0. The quantitative estimate of drug-likeness (QED) is 0.410. The maximum absolute atomic E-state index is 5.69. The van der Waals surface area contributed by atoms with Gasteiger partial charge in [0.25, 0.3) is 0 Å². The zero-order chi connectivity index (χ0) is 21.6. The van der Waals surface area contributed by atoms with E-state index in [2.05, 4.69) is 69.0 Å². The highest BCUT2D eigenvalue weighted by Gasteiger charge is 2.32. The Morgan fingerprint density at radius 1 is 0.903 bits per heavy atom. The van der Waals surface area contributed by atoms with Crippen LogP contribution in [0.4, 0.5) is 0 Å². The van der Waals surface area contributed by atoms with Crippen LogP contribution in [0.2, 0.25) is 0 Å². The molecule has 4 rings (SSSR count). The Hall–Kier alpha value is -2.02. The molecule has 0 amide bonds. The van der Waals surface area contributed by atoms with Crippen molar-refractivity contribution in [3.63, 3.8) is 0 Å². The van der Waals surface area contributed by atoms with E-state index in [0.29, 0.717) is 12.5 Å². The minimum Gasteiger partial charge on any atom is -0.490 e. The van der Waals surface area contributed by atoms with Crippen LogP contribution in [-0.2, 0) is 0 Å². The third-order valence-electron chi connectivity index (χ3n) is 8.20. The molecule has 2 saturated carbocycles.